The smallest absolute Gasteiger partial charge is 0.295 e. The molecular formula is C19H18N2O6. The van der Waals surface area contributed by atoms with Crippen LogP contribution >= 0.6 is 0 Å². The van der Waals surface area contributed by atoms with Gasteiger partial charge in [-0.15, -0.1) is 0 Å². The fourth-order valence-electron chi connectivity index (χ4n) is 3.14. The van der Waals surface area contributed by atoms with Crippen LogP contribution in [0, 0.1) is 17.0 Å². The van der Waals surface area contributed by atoms with E-state index < -0.39 is 22.7 Å². The average Bonchev–Trinajstić information content (AvgIpc) is 3.18. The van der Waals surface area contributed by atoms with E-state index in [9.17, 15) is 24.8 Å². The number of hydrogen-bond acceptors (Lipinski definition) is 6. The average molecular weight is 370 g/mol. The Balaban J connectivity index is 2.13. The lowest BCUT2D eigenvalue weighted by Gasteiger charge is -2.22. The van der Waals surface area contributed by atoms with Crippen LogP contribution in [-0.4, -0.2) is 33.2 Å². The topological polar surface area (TPSA) is 114 Å². The minimum atomic E-state index is -0.839. The minimum absolute atomic E-state index is 0.0864. The van der Waals surface area contributed by atoms with Gasteiger partial charge in [-0.3, -0.25) is 19.7 Å². The van der Waals surface area contributed by atoms with Crippen LogP contribution in [0.2, 0.25) is 0 Å². The number of furan rings is 1. The van der Waals surface area contributed by atoms with Gasteiger partial charge in [0.2, 0.25) is 0 Å². The highest BCUT2D eigenvalue weighted by molar-refractivity contribution is 6.46. The number of nitrogens with zero attached hydrogens (tertiary/aromatic N) is 2. The van der Waals surface area contributed by atoms with Gasteiger partial charge in [0.1, 0.15) is 23.3 Å². The number of carbonyl (C=O) groups excluding carboxylic acids is 2. The quantitative estimate of drug-likeness (QED) is 0.284. The van der Waals surface area contributed by atoms with E-state index in [4.69, 9.17) is 4.42 Å². The highest BCUT2D eigenvalue weighted by Crippen LogP contribution is 2.40. The number of nitro benzene ring substituents is 1. The Bertz CT molecular complexity index is 941. The maximum Gasteiger partial charge on any atom is 0.295 e. The molecule has 27 heavy (non-hydrogen) atoms. The molecule has 3 rings (SSSR count). The van der Waals surface area contributed by atoms with Crippen molar-refractivity contribution in [3.63, 3.8) is 0 Å². The minimum Gasteiger partial charge on any atom is -0.507 e. The summed E-state index contributed by atoms with van der Waals surface area (Å²) in [6.45, 7) is 3.94. The van der Waals surface area contributed by atoms with Crippen LogP contribution < -0.4 is 0 Å². The van der Waals surface area contributed by atoms with Crippen LogP contribution in [0.15, 0.2) is 46.4 Å². The number of aryl methyl sites for hydroxylation is 1. The Morgan fingerprint density at radius 1 is 1.22 bits per heavy atom. The lowest BCUT2D eigenvalue weighted by molar-refractivity contribution is -0.384. The highest BCUT2D eigenvalue weighted by Gasteiger charge is 2.47. The second-order valence-electron chi connectivity index (χ2n) is 6.24. The van der Waals surface area contributed by atoms with Crippen LogP contribution in [0.1, 0.15) is 36.5 Å². The summed E-state index contributed by atoms with van der Waals surface area (Å²) in [5, 5.41) is 21.5. The van der Waals surface area contributed by atoms with Crippen molar-refractivity contribution in [1.82, 2.24) is 4.90 Å². The molecule has 1 N–H and O–H groups in total. The molecule has 1 amide bonds. The summed E-state index contributed by atoms with van der Waals surface area (Å²) in [5.74, 6) is -0.912. The number of benzene rings is 1. The van der Waals surface area contributed by atoms with E-state index in [2.05, 4.69) is 0 Å². The van der Waals surface area contributed by atoms with E-state index in [1.165, 1.54) is 29.2 Å². The van der Waals surface area contributed by atoms with E-state index in [0.717, 1.165) is 0 Å². The van der Waals surface area contributed by atoms with Crippen molar-refractivity contribution < 1.29 is 24.0 Å². The van der Waals surface area contributed by atoms with E-state index in [0.29, 0.717) is 24.5 Å². The lowest BCUT2D eigenvalue weighted by atomic mass is 9.99. The number of aliphatic hydroxyl groups is 1. The SMILES string of the molecule is CCCN1C(=O)C(=O)/C(=C(\O)c2ccc([N+](=O)[O-])cc2)C1c1ccc(C)o1. The van der Waals surface area contributed by atoms with Crippen molar-refractivity contribution in [2.75, 3.05) is 6.54 Å². The number of hydrogen-bond donors (Lipinski definition) is 1. The van der Waals surface area contributed by atoms with Gasteiger partial charge in [-0.1, -0.05) is 6.92 Å². The zero-order valence-corrected chi connectivity index (χ0v) is 14.8. The van der Waals surface area contributed by atoms with Gasteiger partial charge >= 0.3 is 0 Å². The zero-order chi connectivity index (χ0) is 19.7. The third-order valence-corrected chi connectivity index (χ3v) is 4.39. The summed E-state index contributed by atoms with van der Waals surface area (Å²) < 4.78 is 5.63. The molecule has 140 valence electrons. The molecule has 1 fully saturated rings. The van der Waals surface area contributed by atoms with Crippen molar-refractivity contribution in [3.8, 4) is 0 Å². The molecule has 1 atom stereocenters. The van der Waals surface area contributed by atoms with Crippen LogP contribution in [-0.2, 0) is 9.59 Å². The summed E-state index contributed by atoms with van der Waals surface area (Å²) in [6.07, 6.45) is 0.626. The van der Waals surface area contributed by atoms with Gasteiger partial charge in [-0.05, 0) is 37.6 Å². The number of Topliss-reactive ketones (excluding diaryl/α,β-unsaturated/α-hetero) is 1. The van der Waals surface area contributed by atoms with Crippen LogP contribution in [0.4, 0.5) is 5.69 Å². The first-order valence-corrected chi connectivity index (χ1v) is 8.44. The van der Waals surface area contributed by atoms with Gasteiger partial charge in [-0.2, -0.15) is 0 Å². The molecule has 1 aromatic heterocycles. The zero-order valence-electron chi connectivity index (χ0n) is 14.8. The molecule has 8 nitrogen and oxygen atoms in total. The van der Waals surface area contributed by atoms with E-state index in [1.54, 1.807) is 19.1 Å². The van der Waals surface area contributed by atoms with Gasteiger partial charge in [0.05, 0.1) is 10.5 Å². The monoisotopic (exact) mass is 370 g/mol. The predicted octanol–water partition coefficient (Wildman–Crippen LogP) is 3.33. The number of ketones is 1. The molecule has 8 heteroatoms. The molecule has 1 saturated heterocycles. The fraction of sp³-hybridized carbons (Fsp3) is 0.263. The molecule has 1 aliphatic heterocycles. The van der Waals surface area contributed by atoms with E-state index in [-0.39, 0.29) is 22.6 Å². The molecule has 2 aromatic rings. The predicted molar refractivity (Wildman–Crippen MR) is 95.8 cm³/mol. The van der Waals surface area contributed by atoms with Crippen LogP contribution in [0.5, 0.6) is 0 Å². The molecule has 2 heterocycles. The largest absolute Gasteiger partial charge is 0.507 e. The lowest BCUT2D eigenvalue weighted by Crippen LogP contribution is -2.30. The number of non-ortho nitro benzene ring substituents is 1. The van der Waals surface area contributed by atoms with Crippen LogP contribution in [0.25, 0.3) is 5.76 Å². The van der Waals surface area contributed by atoms with Crippen molar-refractivity contribution >= 4 is 23.1 Å². The number of nitro groups is 1. The molecule has 0 saturated carbocycles. The molecule has 0 aliphatic carbocycles. The van der Waals surface area contributed by atoms with Gasteiger partial charge in [0.15, 0.2) is 0 Å². The van der Waals surface area contributed by atoms with Gasteiger partial charge < -0.3 is 14.4 Å². The number of carbonyl (C=O) groups is 2. The number of amides is 1. The van der Waals surface area contributed by atoms with Crippen molar-refractivity contribution in [2.24, 2.45) is 0 Å². The highest BCUT2D eigenvalue weighted by atomic mass is 16.6. The maximum absolute atomic E-state index is 12.6. The third-order valence-electron chi connectivity index (χ3n) is 4.39. The standard InChI is InChI=1S/C19H18N2O6/c1-3-10-20-16(14-9-4-11(2)27-14)15(18(23)19(20)24)17(22)12-5-7-13(8-6-12)21(25)26/h4-9,16,22H,3,10H2,1-2H3/b17-15-. The first-order chi connectivity index (χ1) is 12.8. The second-order valence-corrected chi connectivity index (χ2v) is 6.24. The normalized spacial score (nSPS) is 18.9. The van der Waals surface area contributed by atoms with Crippen molar-refractivity contribution in [3.05, 3.63) is 69.2 Å². The molecule has 1 unspecified atom stereocenters. The summed E-state index contributed by atoms with van der Waals surface area (Å²) in [5.41, 5.74) is -0.0174. The number of aliphatic hydroxyl groups excluding tert-OH is 1. The molecule has 0 spiro atoms. The van der Waals surface area contributed by atoms with Crippen LogP contribution in [0.3, 0.4) is 0 Å². The Kier molecular flexibility index (Phi) is 4.81. The van der Waals surface area contributed by atoms with Gasteiger partial charge in [-0.25, -0.2) is 0 Å². The Hall–Kier alpha value is -3.42. The van der Waals surface area contributed by atoms with Crippen molar-refractivity contribution in [2.45, 2.75) is 26.3 Å². The molecule has 0 bridgehead atoms. The number of likely N-dealkylation sites (tertiary alicyclic amines) is 1. The Morgan fingerprint density at radius 2 is 1.89 bits per heavy atom. The van der Waals surface area contributed by atoms with E-state index >= 15 is 0 Å². The first kappa shape index (κ1) is 18.4. The Labute approximate surface area is 154 Å². The Morgan fingerprint density at radius 3 is 2.41 bits per heavy atom. The number of rotatable bonds is 5. The summed E-state index contributed by atoms with van der Waals surface area (Å²) in [7, 11) is 0. The summed E-state index contributed by atoms with van der Waals surface area (Å²) in [6, 6.07) is 7.67. The van der Waals surface area contributed by atoms with Gasteiger partial charge in [0.25, 0.3) is 17.4 Å². The summed E-state index contributed by atoms with van der Waals surface area (Å²) in [4.78, 5) is 36.7. The van der Waals surface area contributed by atoms with Crippen molar-refractivity contribution in [1.29, 1.82) is 0 Å². The third kappa shape index (κ3) is 3.21. The fourth-order valence-corrected chi connectivity index (χ4v) is 3.14. The second kappa shape index (κ2) is 7.06. The molecule has 1 aromatic carbocycles. The maximum atomic E-state index is 12.6. The molecular weight excluding hydrogens is 352 g/mol. The summed E-state index contributed by atoms with van der Waals surface area (Å²) >= 11 is 0. The van der Waals surface area contributed by atoms with E-state index in [1.807, 2.05) is 6.92 Å². The van der Waals surface area contributed by atoms with Gasteiger partial charge in [0, 0.05) is 24.2 Å². The molecule has 0 radical (unpaired) electrons. The first-order valence-electron chi connectivity index (χ1n) is 8.44. The molecule has 1 aliphatic rings.